The molecule has 1 heterocycles. The molecule has 1 N–H and O–H groups in total. The van der Waals surface area contributed by atoms with Crippen molar-refractivity contribution in [2.24, 2.45) is 5.10 Å². The molecule has 3 aromatic carbocycles. The minimum atomic E-state index is -0.304. The van der Waals surface area contributed by atoms with E-state index in [-0.39, 0.29) is 11.7 Å². The molecule has 0 aliphatic carbocycles. The fourth-order valence-electron chi connectivity index (χ4n) is 3.29. The Morgan fingerprint density at radius 2 is 1.55 bits per heavy atom. The lowest BCUT2D eigenvalue weighted by Crippen LogP contribution is -2.19. The van der Waals surface area contributed by atoms with Crippen LogP contribution in [-0.2, 0) is 11.3 Å². The second-order valence-corrected chi connectivity index (χ2v) is 9.06. The predicted octanol–water partition coefficient (Wildman–Crippen LogP) is 5.68. The van der Waals surface area contributed by atoms with Gasteiger partial charge in [-0.15, -0.1) is 0 Å². The Morgan fingerprint density at radius 1 is 0.966 bits per heavy atom. The summed E-state index contributed by atoms with van der Waals surface area (Å²) in [5, 5.41) is 6.35. The van der Waals surface area contributed by atoms with Crippen molar-refractivity contribution in [1.82, 2.24) is 9.99 Å². The number of nitrogens with zero attached hydrogens (tertiary/aromatic N) is 2. The summed E-state index contributed by atoms with van der Waals surface area (Å²) in [6.07, 6.45) is 1.80. The highest BCUT2D eigenvalue weighted by Gasteiger charge is 2.12. The molecule has 29 heavy (non-hydrogen) atoms. The van der Waals surface area contributed by atoms with Gasteiger partial charge in [-0.2, -0.15) is 5.10 Å². The Balaban J connectivity index is 1.51. The van der Waals surface area contributed by atoms with Gasteiger partial charge in [-0.25, -0.2) is 9.82 Å². The number of benzene rings is 3. The van der Waals surface area contributed by atoms with E-state index in [1.807, 2.05) is 0 Å². The second-order valence-electron chi connectivity index (χ2n) is 6.57. The van der Waals surface area contributed by atoms with Gasteiger partial charge in [0.25, 0.3) is 0 Å². The van der Waals surface area contributed by atoms with Crippen LogP contribution in [0.3, 0.4) is 0 Å². The van der Waals surface area contributed by atoms with Gasteiger partial charge in [0.05, 0.1) is 6.21 Å². The molecule has 4 nitrogen and oxygen atoms in total. The van der Waals surface area contributed by atoms with E-state index in [2.05, 4.69) is 96.7 Å². The van der Waals surface area contributed by atoms with Crippen molar-refractivity contribution in [2.45, 2.75) is 13.0 Å². The largest absolute Gasteiger partial charge is 0.340 e. The monoisotopic (exact) mass is 611 g/mol. The molecule has 1 aromatic heterocycles. The SMILES string of the molecule is O=C(CCn1c2ccc(I)cc2c2cc(I)ccc21)N/N=C\c1ccc(F)cc1. The lowest BCUT2D eigenvalue weighted by molar-refractivity contribution is -0.121. The van der Waals surface area contributed by atoms with E-state index in [0.29, 0.717) is 13.0 Å². The van der Waals surface area contributed by atoms with Crippen LogP contribution in [0.15, 0.2) is 65.8 Å². The molecule has 0 saturated carbocycles. The number of hydrazone groups is 1. The van der Waals surface area contributed by atoms with Gasteiger partial charge in [-0.1, -0.05) is 12.1 Å². The van der Waals surface area contributed by atoms with Crippen LogP contribution in [0.1, 0.15) is 12.0 Å². The number of hydrogen-bond donors (Lipinski definition) is 1. The van der Waals surface area contributed by atoms with E-state index in [4.69, 9.17) is 0 Å². The Hall–Kier alpha value is -2.01. The molecule has 0 unspecified atom stereocenters. The molecule has 146 valence electrons. The molecule has 4 aromatic rings. The zero-order chi connectivity index (χ0) is 20.4. The van der Waals surface area contributed by atoms with E-state index in [1.165, 1.54) is 36.3 Å². The van der Waals surface area contributed by atoms with Gasteiger partial charge in [0.1, 0.15) is 5.82 Å². The fourth-order valence-corrected chi connectivity index (χ4v) is 4.27. The normalized spacial score (nSPS) is 11.6. The number of nitrogens with one attached hydrogen (secondary N) is 1. The molecule has 0 radical (unpaired) electrons. The molecule has 0 aliphatic heterocycles. The van der Waals surface area contributed by atoms with Crippen molar-refractivity contribution >= 4 is 79.1 Å². The third kappa shape index (κ3) is 4.61. The average Bonchev–Trinajstić information content (AvgIpc) is 3.00. The fraction of sp³-hybridized carbons (Fsp3) is 0.0909. The first-order valence-corrected chi connectivity index (χ1v) is 11.1. The van der Waals surface area contributed by atoms with Crippen molar-refractivity contribution in [3.63, 3.8) is 0 Å². The highest BCUT2D eigenvalue weighted by Crippen LogP contribution is 2.31. The Kier molecular flexibility index (Phi) is 6.14. The number of amides is 1. The number of rotatable bonds is 5. The Morgan fingerprint density at radius 3 is 2.14 bits per heavy atom. The van der Waals surface area contributed by atoms with Crippen molar-refractivity contribution in [3.8, 4) is 0 Å². The number of fused-ring (bicyclic) bond motifs is 3. The number of carbonyl (C=O) groups excluding carboxylic acids is 1. The lowest BCUT2D eigenvalue weighted by Gasteiger charge is -2.07. The van der Waals surface area contributed by atoms with Crippen LogP contribution < -0.4 is 5.43 Å². The summed E-state index contributed by atoms with van der Waals surface area (Å²) in [5.74, 6) is -0.476. The van der Waals surface area contributed by atoms with Gasteiger partial charge >= 0.3 is 0 Å². The van der Waals surface area contributed by atoms with Gasteiger partial charge in [0.15, 0.2) is 0 Å². The lowest BCUT2D eigenvalue weighted by atomic mass is 10.2. The topological polar surface area (TPSA) is 46.4 Å². The molecule has 0 aliphatic rings. The summed E-state index contributed by atoms with van der Waals surface area (Å²) in [6, 6.07) is 18.6. The number of aryl methyl sites for hydroxylation is 1. The smallest absolute Gasteiger partial charge is 0.241 e. The first-order chi connectivity index (χ1) is 14.0. The van der Waals surface area contributed by atoms with Crippen LogP contribution in [0, 0.1) is 13.0 Å². The van der Waals surface area contributed by atoms with Crippen LogP contribution in [-0.4, -0.2) is 16.7 Å². The zero-order valence-corrected chi connectivity index (χ0v) is 19.5. The van der Waals surface area contributed by atoms with Crippen LogP contribution >= 0.6 is 45.2 Å². The number of hydrogen-bond acceptors (Lipinski definition) is 2. The summed E-state index contributed by atoms with van der Waals surface area (Å²) < 4.78 is 17.5. The van der Waals surface area contributed by atoms with Crippen molar-refractivity contribution in [2.75, 3.05) is 0 Å². The van der Waals surface area contributed by atoms with Gasteiger partial charge in [-0.3, -0.25) is 4.79 Å². The van der Waals surface area contributed by atoms with Crippen LogP contribution in [0.2, 0.25) is 0 Å². The van der Waals surface area contributed by atoms with E-state index in [1.54, 1.807) is 12.1 Å². The van der Waals surface area contributed by atoms with Crippen LogP contribution in [0.25, 0.3) is 21.8 Å². The maximum Gasteiger partial charge on any atom is 0.241 e. The van der Waals surface area contributed by atoms with E-state index in [0.717, 1.165) is 16.6 Å². The first kappa shape index (κ1) is 20.3. The maximum atomic E-state index is 12.9. The summed E-state index contributed by atoms with van der Waals surface area (Å²) in [6.45, 7) is 0.555. The van der Waals surface area contributed by atoms with E-state index in [9.17, 15) is 9.18 Å². The molecule has 0 saturated heterocycles. The third-order valence-corrected chi connectivity index (χ3v) is 5.97. The highest BCUT2D eigenvalue weighted by atomic mass is 127. The van der Waals surface area contributed by atoms with Gasteiger partial charge < -0.3 is 4.57 Å². The summed E-state index contributed by atoms with van der Waals surface area (Å²) in [5.41, 5.74) is 5.50. The molecule has 4 rings (SSSR count). The molecule has 0 spiro atoms. The third-order valence-electron chi connectivity index (χ3n) is 4.62. The average molecular weight is 611 g/mol. The summed E-state index contributed by atoms with van der Waals surface area (Å²) in [4.78, 5) is 12.3. The molecule has 0 bridgehead atoms. The molecule has 7 heteroatoms. The van der Waals surface area contributed by atoms with Gasteiger partial charge in [-0.05, 0) is 99.3 Å². The van der Waals surface area contributed by atoms with E-state index < -0.39 is 0 Å². The molecule has 0 atom stereocenters. The standard InChI is InChI=1S/C22H16FI2N3O/c23-15-3-1-14(2-4-15)13-26-27-22(29)9-10-28-20-7-5-16(24)11-18(20)19-12-17(25)6-8-21(19)28/h1-8,11-13H,9-10H2,(H,27,29)/b26-13-. The zero-order valence-electron chi connectivity index (χ0n) is 15.2. The Labute approximate surface area is 194 Å². The molecular formula is C22H16FI2N3O. The first-order valence-electron chi connectivity index (χ1n) is 8.96. The van der Waals surface area contributed by atoms with E-state index >= 15 is 0 Å². The second kappa shape index (κ2) is 8.78. The number of halogens is 3. The minimum Gasteiger partial charge on any atom is -0.340 e. The quantitative estimate of drug-likeness (QED) is 0.176. The molecular weight excluding hydrogens is 595 g/mol. The number of aromatic nitrogens is 1. The highest BCUT2D eigenvalue weighted by molar-refractivity contribution is 14.1. The van der Waals surface area contributed by atoms with Crippen molar-refractivity contribution in [1.29, 1.82) is 0 Å². The Bertz CT molecular complexity index is 1170. The predicted molar refractivity (Wildman–Crippen MR) is 132 cm³/mol. The number of carbonyl (C=O) groups is 1. The maximum absolute atomic E-state index is 12.9. The van der Waals surface area contributed by atoms with Crippen molar-refractivity contribution in [3.05, 3.63) is 79.2 Å². The van der Waals surface area contributed by atoms with Crippen LogP contribution in [0.4, 0.5) is 4.39 Å². The van der Waals surface area contributed by atoms with Gasteiger partial charge in [0, 0.05) is 41.9 Å². The van der Waals surface area contributed by atoms with Crippen molar-refractivity contribution < 1.29 is 9.18 Å². The summed E-state index contributed by atoms with van der Waals surface area (Å²) in [7, 11) is 0. The summed E-state index contributed by atoms with van der Waals surface area (Å²) >= 11 is 4.64. The van der Waals surface area contributed by atoms with Crippen LogP contribution in [0.5, 0.6) is 0 Å². The minimum absolute atomic E-state index is 0.172. The molecule has 0 fully saturated rings. The molecule has 1 amide bonds. The van der Waals surface area contributed by atoms with Gasteiger partial charge in [0.2, 0.25) is 5.91 Å².